The highest BCUT2D eigenvalue weighted by molar-refractivity contribution is 7.99. The summed E-state index contributed by atoms with van der Waals surface area (Å²) in [5, 5.41) is 3.49. The van der Waals surface area contributed by atoms with Gasteiger partial charge in [0.15, 0.2) is 0 Å². The highest BCUT2D eigenvalue weighted by atomic mass is 32.2. The number of hydrogen-bond acceptors (Lipinski definition) is 3. The van der Waals surface area contributed by atoms with Crippen molar-refractivity contribution in [3.05, 3.63) is 29.8 Å². The number of hydrogen-bond donors (Lipinski definition) is 1. The van der Waals surface area contributed by atoms with Crippen LogP contribution in [0.4, 0.5) is 4.39 Å². The SMILES string of the molecule is CCn1c(C2CSCCN2)nc2cc(F)ccc21. The van der Waals surface area contributed by atoms with Gasteiger partial charge in [-0.05, 0) is 19.1 Å². The summed E-state index contributed by atoms with van der Waals surface area (Å²) in [7, 11) is 0. The minimum absolute atomic E-state index is 0.221. The Morgan fingerprint density at radius 1 is 1.56 bits per heavy atom. The molecule has 1 unspecified atom stereocenters. The van der Waals surface area contributed by atoms with Crippen LogP contribution >= 0.6 is 11.8 Å². The van der Waals surface area contributed by atoms with Crippen LogP contribution in [0.2, 0.25) is 0 Å². The Hall–Kier alpha value is -1.07. The molecule has 1 atom stereocenters. The van der Waals surface area contributed by atoms with Crippen molar-refractivity contribution < 1.29 is 4.39 Å². The van der Waals surface area contributed by atoms with Crippen LogP contribution < -0.4 is 5.32 Å². The lowest BCUT2D eigenvalue weighted by molar-refractivity contribution is 0.536. The molecule has 1 aromatic heterocycles. The second kappa shape index (κ2) is 4.90. The number of halogens is 1. The number of benzene rings is 1. The van der Waals surface area contributed by atoms with Crippen LogP contribution in [0.3, 0.4) is 0 Å². The summed E-state index contributed by atoms with van der Waals surface area (Å²) >= 11 is 1.94. The van der Waals surface area contributed by atoms with E-state index >= 15 is 0 Å². The molecule has 3 nitrogen and oxygen atoms in total. The van der Waals surface area contributed by atoms with Crippen LogP contribution in [-0.2, 0) is 6.54 Å². The van der Waals surface area contributed by atoms with Gasteiger partial charge < -0.3 is 9.88 Å². The Morgan fingerprint density at radius 2 is 2.44 bits per heavy atom. The maximum Gasteiger partial charge on any atom is 0.127 e. The van der Waals surface area contributed by atoms with Crippen molar-refractivity contribution in [3.63, 3.8) is 0 Å². The summed E-state index contributed by atoms with van der Waals surface area (Å²) in [6.45, 7) is 3.97. The van der Waals surface area contributed by atoms with Crippen LogP contribution in [-0.4, -0.2) is 27.6 Å². The summed E-state index contributed by atoms with van der Waals surface area (Å²) in [6, 6.07) is 5.11. The second-order valence-corrected chi connectivity index (χ2v) is 5.58. The van der Waals surface area contributed by atoms with Crippen LogP contribution in [0.5, 0.6) is 0 Å². The van der Waals surface area contributed by atoms with E-state index in [9.17, 15) is 4.39 Å². The largest absolute Gasteiger partial charge is 0.327 e. The zero-order valence-electron chi connectivity index (χ0n) is 10.3. The summed E-state index contributed by atoms with van der Waals surface area (Å²) < 4.78 is 15.4. The van der Waals surface area contributed by atoms with E-state index in [4.69, 9.17) is 0 Å². The normalized spacial score (nSPS) is 20.4. The van der Waals surface area contributed by atoms with Gasteiger partial charge in [-0.1, -0.05) is 0 Å². The monoisotopic (exact) mass is 265 g/mol. The molecule has 1 saturated heterocycles. The highest BCUT2D eigenvalue weighted by Crippen LogP contribution is 2.25. The van der Waals surface area contributed by atoms with Crippen LogP contribution in [0.1, 0.15) is 18.8 Å². The Balaban J connectivity index is 2.09. The summed E-state index contributed by atoms with van der Waals surface area (Å²) in [5.41, 5.74) is 1.77. The van der Waals surface area contributed by atoms with Gasteiger partial charge in [-0.15, -0.1) is 0 Å². The van der Waals surface area contributed by atoms with Crippen molar-refractivity contribution in [3.8, 4) is 0 Å². The topological polar surface area (TPSA) is 29.9 Å². The summed E-state index contributed by atoms with van der Waals surface area (Å²) in [6.07, 6.45) is 0. The number of rotatable bonds is 2. The summed E-state index contributed by atoms with van der Waals surface area (Å²) in [4.78, 5) is 4.62. The van der Waals surface area contributed by atoms with Gasteiger partial charge in [-0.3, -0.25) is 0 Å². The third-order valence-electron chi connectivity index (χ3n) is 3.29. The van der Waals surface area contributed by atoms with E-state index in [-0.39, 0.29) is 11.9 Å². The van der Waals surface area contributed by atoms with Gasteiger partial charge in [0.2, 0.25) is 0 Å². The average molecular weight is 265 g/mol. The van der Waals surface area contributed by atoms with Crippen molar-refractivity contribution >= 4 is 22.8 Å². The van der Waals surface area contributed by atoms with Crippen molar-refractivity contribution in [2.75, 3.05) is 18.1 Å². The number of nitrogens with zero attached hydrogens (tertiary/aromatic N) is 2. The molecule has 1 aromatic carbocycles. The first-order valence-electron chi connectivity index (χ1n) is 6.26. The van der Waals surface area contributed by atoms with E-state index in [0.717, 1.165) is 41.5 Å². The first kappa shape index (κ1) is 12.0. The zero-order valence-corrected chi connectivity index (χ0v) is 11.1. The number of aromatic nitrogens is 2. The maximum atomic E-state index is 13.3. The molecule has 5 heteroatoms. The molecule has 0 saturated carbocycles. The Kier molecular flexibility index (Phi) is 3.26. The van der Waals surface area contributed by atoms with Crippen molar-refractivity contribution in [1.29, 1.82) is 0 Å². The third-order valence-corrected chi connectivity index (χ3v) is 4.35. The van der Waals surface area contributed by atoms with E-state index in [1.807, 2.05) is 17.8 Å². The van der Waals surface area contributed by atoms with Gasteiger partial charge in [0.25, 0.3) is 0 Å². The molecule has 1 fully saturated rings. The third kappa shape index (κ3) is 2.01. The molecule has 1 N–H and O–H groups in total. The maximum absolute atomic E-state index is 13.3. The van der Waals surface area contributed by atoms with Gasteiger partial charge in [-0.25, -0.2) is 9.37 Å². The highest BCUT2D eigenvalue weighted by Gasteiger charge is 2.21. The van der Waals surface area contributed by atoms with Gasteiger partial charge >= 0.3 is 0 Å². The molecule has 0 aliphatic carbocycles. The van der Waals surface area contributed by atoms with E-state index in [2.05, 4.69) is 21.8 Å². The lowest BCUT2D eigenvalue weighted by Gasteiger charge is -2.23. The molecule has 1 aliphatic rings. The Bertz CT molecular complexity index is 561. The lowest BCUT2D eigenvalue weighted by Crippen LogP contribution is -2.32. The quantitative estimate of drug-likeness (QED) is 0.905. The van der Waals surface area contributed by atoms with E-state index in [1.54, 1.807) is 0 Å². The predicted molar refractivity (Wildman–Crippen MR) is 73.4 cm³/mol. The molecule has 0 bridgehead atoms. The number of thioether (sulfide) groups is 1. The molecule has 18 heavy (non-hydrogen) atoms. The number of fused-ring (bicyclic) bond motifs is 1. The smallest absolute Gasteiger partial charge is 0.127 e. The van der Waals surface area contributed by atoms with Gasteiger partial charge in [0.05, 0.1) is 17.1 Å². The van der Waals surface area contributed by atoms with E-state index in [1.165, 1.54) is 12.1 Å². The van der Waals surface area contributed by atoms with Crippen molar-refractivity contribution in [2.45, 2.75) is 19.5 Å². The molecule has 0 spiro atoms. The molecule has 0 radical (unpaired) electrons. The first-order valence-corrected chi connectivity index (χ1v) is 7.42. The van der Waals surface area contributed by atoms with Crippen LogP contribution in [0.25, 0.3) is 11.0 Å². The Labute approximate surface area is 110 Å². The number of nitrogens with one attached hydrogen (secondary N) is 1. The van der Waals surface area contributed by atoms with E-state index in [0.29, 0.717) is 0 Å². The number of aryl methyl sites for hydroxylation is 1. The minimum atomic E-state index is -0.221. The molecule has 96 valence electrons. The zero-order chi connectivity index (χ0) is 12.5. The van der Waals surface area contributed by atoms with E-state index < -0.39 is 0 Å². The van der Waals surface area contributed by atoms with Gasteiger partial charge in [0.1, 0.15) is 11.6 Å². The predicted octanol–water partition coefficient (Wildman–Crippen LogP) is 2.57. The first-order chi connectivity index (χ1) is 8.79. The molecule has 2 aromatic rings. The molecule has 0 amide bonds. The van der Waals surface area contributed by atoms with Crippen molar-refractivity contribution in [1.82, 2.24) is 14.9 Å². The molecule has 2 heterocycles. The standard InChI is InChI=1S/C13H16FN3S/c1-2-17-12-4-3-9(14)7-10(12)16-13(17)11-8-18-6-5-15-11/h3-4,7,11,15H,2,5-6,8H2,1H3. The van der Waals surface area contributed by atoms with Gasteiger partial charge in [0, 0.05) is 30.7 Å². The molecular weight excluding hydrogens is 249 g/mol. The van der Waals surface area contributed by atoms with Crippen molar-refractivity contribution in [2.24, 2.45) is 0 Å². The van der Waals surface area contributed by atoms with Crippen LogP contribution in [0.15, 0.2) is 18.2 Å². The Morgan fingerprint density at radius 3 is 3.17 bits per heavy atom. The molecular formula is C13H16FN3S. The number of imidazole rings is 1. The lowest BCUT2D eigenvalue weighted by atomic mass is 10.3. The average Bonchev–Trinajstić information content (AvgIpc) is 2.77. The fourth-order valence-corrected chi connectivity index (χ4v) is 3.38. The molecule has 1 aliphatic heterocycles. The fourth-order valence-electron chi connectivity index (χ4n) is 2.45. The minimum Gasteiger partial charge on any atom is -0.327 e. The fraction of sp³-hybridized carbons (Fsp3) is 0.462. The summed E-state index contributed by atoms with van der Waals surface area (Å²) in [5.74, 6) is 3.00. The van der Waals surface area contributed by atoms with Gasteiger partial charge in [-0.2, -0.15) is 11.8 Å². The second-order valence-electron chi connectivity index (χ2n) is 4.43. The van der Waals surface area contributed by atoms with Crippen LogP contribution in [0, 0.1) is 5.82 Å². The molecule has 3 rings (SSSR count).